The van der Waals surface area contributed by atoms with E-state index in [-0.39, 0.29) is 18.0 Å². The van der Waals surface area contributed by atoms with Gasteiger partial charge in [0.05, 0.1) is 17.2 Å². The molecule has 9 nitrogen and oxygen atoms in total. The highest BCUT2D eigenvalue weighted by molar-refractivity contribution is 5.97. The molecule has 0 aliphatic carbocycles. The van der Waals surface area contributed by atoms with Gasteiger partial charge >= 0.3 is 5.97 Å². The van der Waals surface area contributed by atoms with Gasteiger partial charge in [0.15, 0.2) is 6.61 Å². The number of benzene rings is 2. The van der Waals surface area contributed by atoms with Gasteiger partial charge in [0.2, 0.25) is 0 Å². The van der Waals surface area contributed by atoms with E-state index in [0.717, 1.165) is 4.57 Å². The van der Waals surface area contributed by atoms with Crippen molar-refractivity contribution in [3.05, 3.63) is 70.8 Å². The lowest BCUT2D eigenvalue weighted by atomic mass is 10.2. The van der Waals surface area contributed by atoms with Crippen LogP contribution in [0.25, 0.3) is 10.9 Å². The SMILES string of the molecule is CNC(=O)c1cccc(NC(=O)COC(=O)Cn2cnc3ccccc3c2=O)c1. The summed E-state index contributed by atoms with van der Waals surface area (Å²) >= 11 is 0. The molecule has 2 amide bonds. The molecule has 0 saturated carbocycles. The Kier molecular flexibility index (Phi) is 5.98. The van der Waals surface area contributed by atoms with E-state index in [0.29, 0.717) is 22.2 Å². The second-order valence-electron chi connectivity index (χ2n) is 6.06. The molecule has 0 radical (unpaired) electrons. The molecule has 0 aliphatic heterocycles. The summed E-state index contributed by atoms with van der Waals surface area (Å²) in [6, 6.07) is 13.1. The largest absolute Gasteiger partial charge is 0.454 e. The molecule has 0 bridgehead atoms. The number of hydrogen-bond donors (Lipinski definition) is 2. The Labute approximate surface area is 165 Å². The highest BCUT2D eigenvalue weighted by atomic mass is 16.5. The van der Waals surface area contributed by atoms with E-state index in [4.69, 9.17) is 4.74 Å². The Bertz CT molecular complexity index is 1140. The van der Waals surface area contributed by atoms with Gasteiger partial charge in [-0.2, -0.15) is 0 Å². The van der Waals surface area contributed by atoms with Crippen LogP contribution in [-0.2, 0) is 20.9 Å². The number of ether oxygens (including phenoxy) is 1. The van der Waals surface area contributed by atoms with Gasteiger partial charge in [-0.15, -0.1) is 0 Å². The fraction of sp³-hybridized carbons (Fsp3) is 0.150. The van der Waals surface area contributed by atoms with E-state index in [2.05, 4.69) is 15.6 Å². The number of nitrogens with one attached hydrogen (secondary N) is 2. The predicted octanol–water partition coefficient (Wildman–Crippen LogP) is 0.938. The lowest BCUT2D eigenvalue weighted by molar-refractivity contribution is -0.147. The van der Waals surface area contributed by atoms with E-state index in [1.807, 2.05) is 0 Å². The standard InChI is InChI=1S/C20H18N4O5/c1-21-19(27)13-5-4-6-14(9-13)23-17(25)11-29-18(26)10-24-12-22-16-8-3-2-7-15(16)20(24)28/h2-9,12H,10-11H2,1H3,(H,21,27)(H,23,25). The number of nitrogens with zero attached hydrogens (tertiary/aromatic N) is 2. The summed E-state index contributed by atoms with van der Waals surface area (Å²) in [6.45, 7) is -0.894. The first-order valence-corrected chi connectivity index (χ1v) is 8.69. The van der Waals surface area contributed by atoms with Crippen LogP contribution in [0.3, 0.4) is 0 Å². The number of carbonyl (C=O) groups is 3. The van der Waals surface area contributed by atoms with E-state index >= 15 is 0 Å². The van der Waals surface area contributed by atoms with Crippen LogP contribution in [0.1, 0.15) is 10.4 Å². The Morgan fingerprint density at radius 2 is 1.90 bits per heavy atom. The van der Waals surface area contributed by atoms with Crippen molar-refractivity contribution in [3.8, 4) is 0 Å². The molecule has 3 aromatic rings. The fourth-order valence-electron chi connectivity index (χ4n) is 2.63. The van der Waals surface area contributed by atoms with Crippen LogP contribution < -0.4 is 16.2 Å². The van der Waals surface area contributed by atoms with E-state index in [9.17, 15) is 19.2 Å². The average Bonchev–Trinajstić information content (AvgIpc) is 2.74. The number of esters is 1. The maximum absolute atomic E-state index is 12.4. The van der Waals surface area contributed by atoms with Gasteiger partial charge in [0.25, 0.3) is 17.4 Å². The zero-order valence-corrected chi connectivity index (χ0v) is 15.5. The molecule has 0 aliphatic rings. The third kappa shape index (κ3) is 4.83. The van der Waals surface area contributed by atoms with Crippen molar-refractivity contribution in [3.63, 3.8) is 0 Å². The minimum Gasteiger partial charge on any atom is -0.454 e. The molecule has 2 N–H and O–H groups in total. The zero-order chi connectivity index (χ0) is 20.8. The normalized spacial score (nSPS) is 10.4. The lowest BCUT2D eigenvalue weighted by Gasteiger charge is -2.09. The predicted molar refractivity (Wildman–Crippen MR) is 105 cm³/mol. The molecule has 148 valence electrons. The lowest BCUT2D eigenvalue weighted by Crippen LogP contribution is -2.28. The Hall–Kier alpha value is -4.01. The Morgan fingerprint density at radius 1 is 1.10 bits per heavy atom. The third-order valence-electron chi connectivity index (χ3n) is 4.03. The summed E-state index contributed by atoms with van der Waals surface area (Å²) in [5.74, 6) is -1.61. The quantitative estimate of drug-likeness (QED) is 0.601. The topological polar surface area (TPSA) is 119 Å². The van der Waals surface area contributed by atoms with Crippen LogP contribution in [-0.4, -0.2) is 41.0 Å². The van der Waals surface area contributed by atoms with Crippen LogP contribution in [0.15, 0.2) is 59.7 Å². The summed E-state index contributed by atoms with van der Waals surface area (Å²) in [5, 5.41) is 5.41. The van der Waals surface area contributed by atoms with Crippen molar-refractivity contribution in [2.75, 3.05) is 19.0 Å². The minimum atomic E-state index is -0.751. The van der Waals surface area contributed by atoms with Gasteiger partial charge < -0.3 is 15.4 Å². The summed E-state index contributed by atoms with van der Waals surface area (Å²) < 4.78 is 6.05. The van der Waals surface area contributed by atoms with Crippen LogP contribution in [0.4, 0.5) is 5.69 Å². The Balaban J connectivity index is 1.57. The van der Waals surface area contributed by atoms with Crippen molar-refractivity contribution in [2.45, 2.75) is 6.54 Å². The first-order valence-electron chi connectivity index (χ1n) is 8.69. The van der Waals surface area contributed by atoms with Crippen LogP contribution >= 0.6 is 0 Å². The zero-order valence-electron chi connectivity index (χ0n) is 15.5. The number of rotatable bonds is 6. The summed E-state index contributed by atoms with van der Waals surface area (Å²) in [5.41, 5.74) is 0.927. The molecule has 0 fully saturated rings. The first kappa shape index (κ1) is 19.7. The summed E-state index contributed by atoms with van der Waals surface area (Å²) in [6.07, 6.45) is 1.26. The van der Waals surface area contributed by atoms with Gasteiger partial charge in [0.1, 0.15) is 6.54 Å². The van der Waals surface area contributed by atoms with Crippen molar-refractivity contribution < 1.29 is 19.1 Å². The first-order chi connectivity index (χ1) is 14.0. The molecule has 29 heavy (non-hydrogen) atoms. The minimum absolute atomic E-state index is 0.290. The molecule has 0 atom stereocenters. The molecule has 2 aromatic carbocycles. The van der Waals surface area contributed by atoms with Crippen molar-refractivity contribution in [1.29, 1.82) is 0 Å². The molecule has 1 aromatic heterocycles. The monoisotopic (exact) mass is 394 g/mol. The third-order valence-corrected chi connectivity index (χ3v) is 4.03. The average molecular weight is 394 g/mol. The molecule has 3 rings (SSSR count). The van der Waals surface area contributed by atoms with Gasteiger partial charge in [-0.05, 0) is 30.3 Å². The number of fused-ring (bicyclic) bond motifs is 1. The molecule has 9 heteroatoms. The molecule has 0 saturated heterocycles. The number of para-hydroxylation sites is 1. The second kappa shape index (κ2) is 8.79. The number of aromatic nitrogens is 2. The van der Waals surface area contributed by atoms with Crippen molar-refractivity contribution >= 4 is 34.4 Å². The van der Waals surface area contributed by atoms with Crippen LogP contribution in [0.2, 0.25) is 0 Å². The highest BCUT2D eigenvalue weighted by Crippen LogP contribution is 2.10. The van der Waals surface area contributed by atoms with Gasteiger partial charge in [-0.1, -0.05) is 18.2 Å². The number of amides is 2. The smallest absolute Gasteiger partial charge is 0.326 e. The Morgan fingerprint density at radius 3 is 2.69 bits per heavy atom. The van der Waals surface area contributed by atoms with Gasteiger partial charge in [-0.3, -0.25) is 23.7 Å². The van der Waals surface area contributed by atoms with Gasteiger partial charge in [-0.25, -0.2) is 4.98 Å². The van der Waals surface area contributed by atoms with Crippen LogP contribution in [0.5, 0.6) is 0 Å². The summed E-state index contributed by atoms with van der Waals surface area (Å²) in [7, 11) is 1.50. The highest BCUT2D eigenvalue weighted by Gasteiger charge is 2.12. The van der Waals surface area contributed by atoms with Crippen LogP contribution in [0, 0.1) is 0 Å². The summed E-state index contributed by atoms with van der Waals surface area (Å²) in [4.78, 5) is 52.1. The number of carbonyl (C=O) groups excluding carboxylic acids is 3. The molecule has 0 unspecified atom stereocenters. The van der Waals surface area contributed by atoms with E-state index in [1.165, 1.54) is 19.4 Å². The fourth-order valence-corrected chi connectivity index (χ4v) is 2.63. The van der Waals surface area contributed by atoms with Crippen molar-refractivity contribution in [1.82, 2.24) is 14.9 Å². The molecule has 0 spiro atoms. The maximum atomic E-state index is 12.4. The second-order valence-corrected chi connectivity index (χ2v) is 6.06. The maximum Gasteiger partial charge on any atom is 0.326 e. The van der Waals surface area contributed by atoms with Gasteiger partial charge in [0, 0.05) is 18.3 Å². The molecule has 1 heterocycles. The van der Waals surface area contributed by atoms with Crippen molar-refractivity contribution in [2.24, 2.45) is 0 Å². The molecular weight excluding hydrogens is 376 g/mol. The number of hydrogen-bond acceptors (Lipinski definition) is 6. The van der Waals surface area contributed by atoms with E-state index in [1.54, 1.807) is 42.5 Å². The van der Waals surface area contributed by atoms with E-state index < -0.39 is 18.5 Å². The number of anilines is 1. The molecular formula is C20H18N4O5.